The Hall–Kier alpha value is -1.46. The summed E-state index contributed by atoms with van der Waals surface area (Å²) in [6, 6.07) is 7.36. The highest BCUT2D eigenvalue weighted by Gasteiger charge is 2.36. The van der Waals surface area contributed by atoms with Gasteiger partial charge >= 0.3 is 6.03 Å². The lowest BCUT2D eigenvalue weighted by molar-refractivity contribution is -0.00914. The molecule has 1 aliphatic heterocycles. The highest BCUT2D eigenvalue weighted by molar-refractivity contribution is 6.32. The number of carbonyl (C=O) groups is 1. The second-order valence-corrected chi connectivity index (χ2v) is 6.55. The lowest BCUT2D eigenvalue weighted by Gasteiger charge is -2.30. The molecule has 1 saturated carbocycles. The fourth-order valence-corrected chi connectivity index (χ4v) is 3.07. The zero-order valence-corrected chi connectivity index (χ0v) is 13.8. The first-order chi connectivity index (χ1) is 11.2. The Morgan fingerprint density at radius 3 is 2.91 bits per heavy atom. The van der Waals surface area contributed by atoms with Gasteiger partial charge in [0.1, 0.15) is 12.4 Å². The second kappa shape index (κ2) is 7.88. The van der Waals surface area contributed by atoms with Crippen LogP contribution in [0, 0.1) is 5.92 Å². The molecule has 0 bridgehead atoms. The highest BCUT2D eigenvalue weighted by atomic mass is 35.5. The summed E-state index contributed by atoms with van der Waals surface area (Å²) in [4.78, 5) is 11.9. The van der Waals surface area contributed by atoms with Crippen LogP contribution in [0.1, 0.15) is 25.7 Å². The predicted molar refractivity (Wildman–Crippen MR) is 89.0 cm³/mol. The van der Waals surface area contributed by atoms with E-state index >= 15 is 0 Å². The quantitative estimate of drug-likeness (QED) is 0.784. The van der Waals surface area contributed by atoms with Crippen LogP contribution in [0.15, 0.2) is 24.3 Å². The molecule has 1 heterocycles. The molecule has 2 fully saturated rings. The second-order valence-electron chi connectivity index (χ2n) is 6.15. The molecule has 0 radical (unpaired) electrons. The summed E-state index contributed by atoms with van der Waals surface area (Å²) in [7, 11) is 0. The summed E-state index contributed by atoms with van der Waals surface area (Å²) in [5.41, 5.74) is 0. The van der Waals surface area contributed by atoms with Crippen LogP contribution in [0.2, 0.25) is 5.02 Å². The van der Waals surface area contributed by atoms with Gasteiger partial charge in [0.2, 0.25) is 0 Å². The van der Waals surface area contributed by atoms with E-state index in [1.807, 2.05) is 18.2 Å². The molecule has 1 aromatic carbocycles. The first-order valence-electron chi connectivity index (χ1n) is 8.25. The van der Waals surface area contributed by atoms with E-state index in [0.29, 0.717) is 35.9 Å². The van der Waals surface area contributed by atoms with Crippen molar-refractivity contribution in [2.75, 3.05) is 19.8 Å². The van der Waals surface area contributed by atoms with Crippen LogP contribution in [0.25, 0.3) is 0 Å². The van der Waals surface area contributed by atoms with Gasteiger partial charge in [0, 0.05) is 12.6 Å². The summed E-state index contributed by atoms with van der Waals surface area (Å²) >= 11 is 6.00. The Morgan fingerprint density at radius 2 is 2.13 bits per heavy atom. The Bertz CT molecular complexity index is 536. The van der Waals surface area contributed by atoms with E-state index in [-0.39, 0.29) is 12.1 Å². The van der Waals surface area contributed by atoms with Crippen LogP contribution in [0.4, 0.5) is 4.79 Å². The van der Waals surface area contributed by atoms with Crippen molar-refractivity contribution in [3.63, 3.8) is 0 Å². The summed E-state index contributed by atoms with van der Waals surface area (Å²) < 4.78 is 11.3. The number of hydrogen-bond donors (Lipinski definition) is 2. The van der Waals surface area contributed by atoms with Crippen molar-refractivity contribution in [2.45, 2.75) is 37.8 Å². The molecule has 1 aromatic rings. The smallest absolute Gasteiger partial charge is 0.315 e. The maximum Gasteiger partial charge on any atom is 0.315 e. The van der Waals surface area contributed by atoms with Gasteiger partial charge in [-0.05, 0) is 43.7 Å². The van der Waals surface area contributed by atoms with Gasteiger partial charge in [-0.1, -0.05) is 23.7 Å². The molecule has 1 saturated heterocycles. The molecule has 0 aromatic heterocycles. The van der Waals surface area contributed by atoms with Gasteiger partial charge in [-0.2, -0.15) is 0 Å². The molecule has 0 unspecified atom stereocenters. The van der Waals surface area contributed by atoms with Crippen molar-refractivity contribution in [1.29, 1.82) is 0 Å². The zero-order chi connectivity index (χ0) is 16.1. The largest absolute Gasteiger partial charge is 0.490 e. The van der Waals surface area contributed by atoms with Crippen LogP contribution in [-0.2, 0) is 4.74 Å². The van der Waals surface area contributed by atoms with Crippen LogP contribution >= 0.6 is 11.6 Å². The first kappa shape index (κ1) is 16.4. The Morgan fingerprint density at radius 1 is 1.30 bits per heavy atom. The number of benzene rings is 1. The molecule has 2 aliphatic rings. The van der Waals surface area contributed by atoms with Crippen LogP contribution in [0.3, 0.4) is 0 Å². The standard InChI is InChI=1S/C17H23ClN2O3/c18-14-3-1-2-4-15(14)23-10-8-19-17(21)20-13-7-9-22-16(11-13)12-5-6-12/h1-4,12-13,16H,5-11H2,(H2,19,20,21)/t13-,16+/m0/s1. The summed E-state index contributed by atoms with van der Waals surface area (Å²) in [6.45, 7) is 1.56. The van der Waals surface area contributed by atoms with Crippen molar-refractivity contribution in [1.82, 2.24) is 10.6 Å². The van der Waals surface area contributed by atoms with E-state index in [1.54, 1.807) is 6.07 Å². The minimum atomic E-state index is -0.144. The molecular weight excluding hydrogens is 316 g/mol. The topological polar surface area (TPSA) is 59.6 Å². The summed E-state index contributed by atoms with van der Waals surface area (Å²) in [6.07, 6.45) is 4.67. The number of carbonyl (C=O) groups excluding carboxylic acids is 1. The van der Waals surface area contributed by atoms with Crippen LogP contribution in [0.5, 0.6) is 5.75 Å². The van der Waals surface area contributed by atoms with Crippen molar-refractivity contribution in [3.8, 4) is 5.75 Å². The normalized spacial score (nSPS) is 24.0. The summed E-state index contributed by atoms with van der Waals surface area (Å²) in [5, 5.41) is 6.42. The van der Waals surface area contributed by atoms with Crippen LogP contribution in [-0.4, -0.2) is 37.9 Å². The van der Waals surface area contributed by atoms with Gasteiger partial charge in [-0.3, -0.25) is 0 Å². The van der Waals surface area contributed by atoms with E-state index in [2.05, 4.69) is 10.6 Å². The molecule has 126 valence electrons. The van der Waals surface area contributed by atoms with E-state index in [9.17, 15) is 4.79 Å². The molecule has 23 heavy (non-hydrogen) atoms. The average molecular weight is 339 g/mol. The average Bonchev–Trinajstić information content (AvgIpc) is 3.38. The molecule has 5 nitrogen and oxygen atoms in total. The van der Waals surface area contributed by atoms with Crippen LogP contribution < -0.4 is 15.4 Å². The van der Waals surface area contributed by atoms with E-state index < -0.39 is 0 Å². The number of ether oxygens (including phenoxy) is 2. The van der Waals surface area contributed by atoms with Gasteiger partial charge in [-0.25, -0.2) is 4.79 Å². The summed E-state index contributed by atoms with van der Waals surface area (Å²) in [5.74, 6) is 1.35. The first-order valence-corrected chi connectivity index (χ1v) is 8.63. The number of urea groups is 1. The number of hydrogen-bond acceptors (Lipinski definition) is 3. The lowest BCUT2D eigenvalue weighted by atomic mass is 10.0. The molecule has 6 heteroatoms. The van der Waals surface area contributed by atoms with Crippen molar-refractivity contribution in [3.05, 3.63) is 29.3 Å². The third-order valence-corrected chi connectivity index (χ3v) is 4.59. The van der Waals surface area contributed by atoms with E-state index in [1.165, 1.54) is 12.8 Å². The number of amides is 2. The van der Waals surface area contributed by atoms with Gasteiger partial charge in [-0.15, -0.1) is 0 Å². The van der Waals surface area contributed by atoms with E-state index in [4.69, 9.17) is 21.1 Å². The third kappa shape index (κ3) is 5.01. The molecule has 0 spiro atoms. The molecule has 2 N–H and O–H groups in total. The maximum absolute atomic E-state index is 11.9. The molecular formula is C17H23ClN2O3. The van der Waals surface area contributed by atoms with Crippen molar-refractivity contribution < 1.29 is 14.3 Å². The number of rotatable bonds is 6. The van der Waals surface area contributed by atoms with E-state index in [0.717, 1.165) is 19.4 Å². The fourth-order valence-electron chi connectivity index (χ4n) is 2.88. The van der Waals surface area contributed by atoms with Gasteiger partial charge in [0.15, 0.2) is 0 Å². The Balaban J connectivity index is 1.32. The minimum absolute atomic E-state index is 0.144. The number of nitrogens with one attached hydrogen (secondary N) is 2. The molecule has 3 rings (SSSR count). The highest BCUT2D eigenvalue weighted by Crippen LogP contribution is 2.38. The number of halogens is 1. The zero-order valence-electron chi connectivity index (χ0n) is 13.1. The predicted octanol–water partition coefficient (Wildman–Crippen LogP) is 2.98. The molecule has 2 amide bonds. The van der Waals surface area contributed by atoms with Crippen molar-refractivity contribution in [2.24, 2.45) is 5.92 Å². The Labute approximate surface area is 141 Å². The van der Waals surface area contributed by atoms with Gasteiger partial charge in [0.25, 0.3) is 0 Å². The Kier molecular flexibility index (Phi) is 5.62. The van der Waals surface area contributed by atoms with Crippen molar-refractivity contribution >= 4 is 17.6 Å². The number of para-hydroxylation sites is 1. The van der Waals surface area contributed by atoms with Gasteiger partial charge < -0.3 is 20.1 Å². The third-order valence-electron chi connectivity index (χ3n) is 4.28. The SMILES string of the molecule is O=C(NCCOc1ccccc1Cl)N[C@H]1CCO[C@@H](C2CC2)C1. The minimum Gasteiger partial charge on any atom is -0.490 e. The van der Waals surface area contributed by atoms with Gasteiger partial charge in [0.05, 0.1) is 17.7 Å². The monoisotopic (exact) mass is 338 g/mol. The maximum atomic E-state index is 11.9. The molecule has 2 atom stereocenters. The molecule has 1 aliphatic carbocycles. The fraction of sp³-hybridized carbons (Fsp3) is 0.588. The lowest BCUT2D eigenvalue weighted by Crippen LogP contribution is -2.47.